The molecule has 1 aliphatic rings. The van der Waals surface area contributed by atoms with Crippen LogP contribution in [0.2, 0.25) is 0 Å². The molecule has 0 aromatic heterocycles. The van der Waals surface area contributed by atoms with E-state index in [9.17, 15) is 4.79 Å². The number of carbonyl (C=O) groups is 1. The molecule has 0 unspecified atom stereocenters. The highest BCUT2D eigenvalue weighted by Crippen LogP contribution is 2.26. The number of hydrogen-bond donors (Lipinski definition) is 2. The molecule has 5 nitrogen and oxygen atoms in total. The number of carbonyl (C=O) groups excluding carboxylic acids is 1. The van der Waals surface area contributed by atoms with Crippen molar-refractivity contribution in [2.24, 2.45) is 11.7 Å². The van der Waals surface area contributed by atoms with Gasteiger partial charge in [0.15, 0.2) is 0 Å². The van der Waals surface area contributed by atoms with Crippen molar-refractivity contribution >= 4 is 5.91 Å². The smallest absolute Gasteiger partial charge is 0.220 e. The Balaban J connectivity index is 1.81. The fraction of sp³-hybridized carbons (Fsp3) is 0.611. The second kappa shape index (κ2) is 8.89. The van der Waals surface area contributed by atoms with E-state index in [1.54, 1.807) is 0 Å². The third-order valence-electron chi connectivity index (χ3n) is 4.41. The van der Waals surface area contributed by atoms with E-state index >= 15 is 0 Å². The molecule has 3 N–H and O–H groups in total. The molecule has 1 amide bonds. The monoisotopic (exact) mass is 319 g/mol. The average molecular weight is 319 g/mol. The highest BCUT2D eigenvalue weighted by Gasteiger charge is 2.25. The van der Waals surface area contributed by atoms with E-state index < -0.39 is 0 Å². The first-order valence-corrected chi connectivity index (χ1v) is 8.44. The molecule has 0 spiro atoms. The van der Waals surface area contributed by atoms with Crippen LogP contribution in [0.5, 0.6) is 5.75 Å². The molecule has 128 valence electrons. The summed E-state index contributed by atoms with van der Waals surface area (Å²) in [6, 6.07) is 8.04. The number of nitrogens with one attached hydrogen (secondary N) is 1. The first-order valence-electron chi connectivity index (χ1n) is 8.44. The van der Waals surface area contributed by atoms with E-state index in [1.165, 1.54) is 0 Å². The molecule has 0 radical (unpaired) electrons. The zero-order chi connectivity index (χ0) is 16.7. The van der Waals surface area contributed by atoms with Crippen LogP contribution >= 0.6 is 0 Å². The van der Waals surface area contributed by atoms with E-state index in [-0.39, 0.29) is 11.9 Å². The summed E-state index contributed by atoms with van der Waals surface area (Å²) in [6.45, 7) is 1.99. The summed E-state index contributed by atoms with van der Waals surface area (Å²) in [4.78, 5) is 14.2. The second-order valence-corrected chi connectivity index (χ2v) is 6.60. The van der Waals surface area contributed by atoms with Gasteiger partial charge in [-0.1, -0.05) is 24.6 Å². The Morgan fingerprint density at radius 3 is 2.83 bits per heavy atom. The molecule has 1 saturated carbocycles. The number of likely N-dealkylation sites (N-methyl/N-ethyl adjacent to an activating group) is 1. The SMILES string of the molecule is CN(C)CCOc1ccccc1CNC(=O)C[C@@H]1CCC[C@H]1N. The van der Waals surface area contributed by atoms with Gasteiger partial charge in [0.05, 0.1) is 0 Å². The van der Waals surface area contributed by atoms with Crippen molar-refractivity contribution < 1.29 is 9.53 Å². The second-order valence-electron chi connectivity index (χ2n) is 6.60. The summed E-state index contributed by atoms with van der Waals surface area (Å²) in [5.74, 6) is 1.25. The maximum atomic E-state index is 12.1. The Kier molecular flexibility index (Phi) is 6.86. The molecule has 0 heterocycles. The molecule has 2 rings (SSSR count). The van der Waals surface area contributed by atoms with Crippen LogP contribution in [-0.4, -0.2) is 44.1 Å². The number of hydrogen-bond acceptors (Lipinski definition) is 4. The van der Waals surface area contributed by atoms with Gasteiger partial charge in [-0.2, -0.15) is 0 Å². The highest BCUT2D eigenvalue weighted by atomic mass is 16.5. The van der Waals surface area contributed by atoms with E-state index in [2.05, 4.69) is 10.2 Å². The van der Waals surface area contributed by atoms with Gasteiger partial charge in [-0.05, 0) is 38.9 Å². The predicted molar refractivity (Wildman–Crippen MR) is 92.3 cm³/mol. The van der Waals surface area contributed by atoms with Crippen LogP contribution in [0.3, 0.4) is 0 Å². The Morgan fingerprint density at radius 1 is 1.35 bits per heavy atom. The lowest BCUT2D eigenvalue weighted by Gasteiger charge is -2.16. The van der Waals surface area contributed by atoms with E-state index in [0.29, 0.717) is 25.5 Å². The van der Waals surface area contributed by atoms with E-state index in [4.69, 9.17) is 10.5 Å². The minimum atomic E-state index is 0.0791. The number of benzene rings is 1. The van der Waals surface area contributed by atoms with Crippen molar-refractivity contribution in [1.82, 2.24) is 10.2 Å². The maximum Gasteiger partial charge on any atom is 0.220 e. The van der Waals surface area contributed by atoms with Gasteiger partial charge < -0.3 is 20.7 Å². The van der Waals surface area contributed by atoms with Gasteiger partial charge in [-0.25, -0.2) is 0 Å². The zero-order valence-electron chi connectivity index (χ0n) is 14.3. The van der Waals surface area contributed by atoms with Crippen molar-refractivity contribution in [2.75, 3.05) is 27.2 Å². The van der Waals surface area contributed by atoms with Gasteiger partial charge >= 0.3 is 0 Å². The van der Waals surface area contributed by atoms with Crippen LogP contribution in [0.15, 0.2) is 24.3 Å². The molecule has 0 bridgehead atoms. The molecule has 23 heavy (non-hydrogen) atoms. The van der Waals surface area contributed by atoms with Crippen LogP contribution in [0.1, 0.15) is 31.2 Å². The van der Waals surface area contributed by atoms with Crippen molar-refractivity contribution in [2.45, 2.75) is 38.3 Å². The fourth-order valence-corrected chi connectivity index (χ4v) is 2.95. The summed E-state index contributed by atoms with van der Waals surface area (Å²) >= 11 is 0. The highest BCUT2D eigenvalue weighted by molar-refractivity contribution is 5.76. The van der Waals surface area contributed by atoms with E-state index in [0.717, 1.165) is 37.1 Å². The fourth-order valence-electron chi connectivity index (χ4n) is 2.95. The maximum absolute atomic E-state index is 12.1. The number of rotatable bonds is 8. The van der Waals surface area contributed by atoms with Crippen LogP contribution in [0.4, 0.5) is 0 Å². The lowest BCUT2D eigenvalue weighted by atomic mass is 10.00. The number of ether oxygens (including phenoxy) is 1. The van der Waals surface area contributed by atoms with Crippen molar-refractivity contribution in [3.05, 3.63) is 29.8 Å². The lowest BCUT2D eigenvalue weighted by molar-refractivity contribution is -0.122. The summed E-state index contributed by atoms with van der Waals surface area (Å²) in [7, 11) is 4.03. The van der Waals surface area contributed by atoms with Crippen LogP contribution in [0.25, 0.3) is 0 Å². The molecule has 1 fully saturated rings. The standard InChI is InChI=1S/C18H29N3O2/c1-21(2)10-11-23-17-9-4-3-6-15(17)13-20-18(22)12-14-7-5-8-16(14)19/h3-4,6,9,14,16H,5,7-8,10-13,19H2,1-2H3,(H,20,22)/t14-,16+/m0/s1. The predicted octanol–water partition coefficient (Wildman–Crippen LogP) is 1.76. The Labute approximate surface area is 139 Å². The van der Waals surface area contributed by atoms with Crippen molar-refractivity contribution in [1.29, 1.82) is 0 Å². The van der Waals surface area contributed by atoms with E-state index in [1.807, 2.05) is 38.4 Å². The zero-order valence-corrected chi connectivity index (χ0v) is 14.3. The third kappa shape index (κ3) is 5.84. The van der Waals surface area contributed by atoms with Gasteiger partial charge in [0.25, 0.3) is 0 Å². The van der Waals surface area contributed by atoms with Gasteiger partial charge in [0.2, 0.25) is 5.91 Å². The van der Waals surface area contributed by atoms with Crippen LogP contribution in [-0.2, 0) is 11.3 Å². The molecule has 0 aliphatic heterocycles. The summed E-state index contributed by atoms with van der Waals surface area (Å²) in [6.07, 6.45) is 3.78. The minimum Gasteiger partial charge on any atom is -0.492 e. The first kappa shape index (κ1) is 17.8. The quantitative estimate of drug-likeness (QED) is 0.766. The molecular formula is C18H29N3O2. The molecule has 2 atom stereocenters. The Morgan fingerprint density at radius 2 is 2.13 bits per heavy atom. The number of nitrogens with two attached hydrogens (primary N) is 1. The Bertz CT molecular complexity index is 505. The van der Waals surface area contributed by atoms with Gasteiger partial charge in [-0.15, -0.1) is 0 Å². The molecule has 0 saturated heterocycles. The number of amides is 1. The molecule has 5 heteroatoms. The van der Waals surface area contributed by atoms with Gasteiger partial charge in [0.1, 0.15) is 12.4 Å². The normalized spacial score (nSPS) is 20.7. The van der Waals surface area contributed by atoms with Crippen molar-refractivity contribution in [3.63, 3.8) is 0 Å². The number of nitrogens with zero attached hydrogens (tertiary/aromatic N) is 1. The number of para-hydroxylation sites is 1. The minimum absolute atomic E-state index is 0.0791. The van der Waals surface area contributed by atoms with Crippen molar-refractivity contribution in [3.8, 4) is 5.75 Å². The first-order chi connectivity index (χ1) is 11.1. The summed E-state index contributed by atoms with van der Waals surface area (Å²) < 4.78 is 5.82. The largest absolute Gasteiger partial charge is 0.492 e. The third-order valence-corrected chi connectivity index (χ3v) is 4.41. The molecule has 1 aromatic carbocycles. The lowest BCUT2D eigenvalue weighted by Crippen LogP contribution is -2.31. The summed E-state index contributed by atoms with van der Waals surface area (Å²) in [5, 5.41) is 3.00. The molecular weight excluding hydrogens is 290 g/mol. The van der Waals surface area contributed by atoms with Gasteiger partial charge in [-0.3, -0.25) is 4.79 Å². The molecule has 1 aliphatic carbocycles. The average Bonchev–Trinajstić information content (AvgIpc) is 2.91. The van der Waals surface area contributed by atoms with Crippen LogP contribution in [0, 0.1) is 5.92 Å². The van der Waals surface area contributed by atoms with Crippen LogP contribution < -0.4 is 15.8 Å². The topological polar surface area (TPSA) is 67.6 Å². The molecule has 1 aromatic rings. The Hall–Kier alpha value is -1.59. The summed E-state index contributed by atoms with van der Waals surface area (Å²) in [5.41, 5.74) is 7.04. The van der Waals surface area contributed by atoms with Gasteiger partial charge in [0, 0.05) is 31.1 Å².